The number of amides is 2. The molecule has 6 atom stereocenters. The van der Waals surface area contributed by atoms with Gasteiger partial charge in [-0.3, -0.25) is 24.6 Å². The van der Waals surface area contributed by atoms with Crippen molar-refractivity contribution in [1.29, 1.82) is 10.8 Å². The van der Waals surface area contributed by atoms with Gasteiger partial charge in [-0.15, -0.1) is 0 Å². The molecule has 4 aromatic carbocycles. The third-order valence-electron chi connectivity index (χ3n) is 12.3. The van der Waals surface area contributed by atoms with Crippen LogP contribution in [0.4, 0.5) is 0 Å². The highest BCUT2D eigenvalue weighted by Crippen LogP contribution is 2.39. The maximum Gasteiger partial charge on any atom is 0.223 e. The van der Waals surface area contributed by atoms with Gasteiger partial charge in [-0.1, -0.05) is 108 Å². The first-order chi connectivity index (χ1) is 28.7. The van der Waals surface area contributed by atoms with Crippen LogP contribution < -0.4 is 16.4 Å². The van der Waals surface area contributed by atoms with Crippen LogP contribution >= 0.6 is 0 Å². The number of carbonyl (C=O) groups is 4. The van der Waals surface area contributed by atoms with Crippen molar-refractivity contribution in [3.8, 4) is 0 Å². The van der Waals surface area contributed by atoms with Crippen molar-refractivity contribution in [2.24, 2.45) is 17.6 Å². The number of amidine groups is 1. The molecule has 0 bridgehead atoms. The molecule has 0 spiro atoms. The van der Waals surface area contributed by atoms with Crippen LogP contribution in [0.1, 0.15) is 128 Å². The molecule has 2 aliphatic carbocycles. The smallest absolute Gasteiger partial charge is 0.223 e. The van der Waals surface area contributed by atoms with Gasteiger partial charge in [-0.2, -0.15) is 0 Å². The van der Waals surface area contributed by atoms with E-state index in [2.05, 4.69) is 73.0 Å². The number of hydrogen-bond donors (Lipinski definition) is 5. The molecule has 316 valence electrons. The van der Waals surface area contributed by atoms with E-state index in [1.165, 1.54) is 22.3 Å². The van der Waals surface area contributed by atoms with Gasteiger partial charge in [-0.05, 0) is 126 Å². The second kappa shape index (κ2) is 21.5. The Bertz CT molecular complexity index is 1990. The maximum absolute atomic E-state index is 12.7. The van der Waals surface area contributed by atoms with Crippen LogP contribution in [0.3, 0.4) is 0 Å². The van der Waals surface area contributed by atoms with Gasteiger partial charge in [0.05, 0.1) is 12.1 Å². The van der Waals surface area contributed by atoms with Crippen molar-refractivity contribution in [1.82, 2.24) is 10.6 Å². The number of hydrogen-bond acceptors (Lipinski definition) is 6. The predicted octanol–water partition coefficient (Wildman–Crippen LogP) is 8.84. The summed E-state index contributed by atoms with van der Waals surface area (Å²) in [6, 6.07) is 31.2. The quantitative estimate of drug-likeness (QED) is 0.0563. The molecule has 60 heavy (non-hydrogen) atoms. The minimum atomic E-state index is -0.480. The second-order valence-corrected chi connectivity index (χ2v) is 17.1. The van der Waals surface area contributed by atoms with Gasteiger partial charge >= 0.3 is 0 Å². The molecule has 2 amide bonds. The van der Waals surface area contributed by atoms with Crippen LogP contribution in [-0.2, 0) is 32.0 Å². The maximum atomic E-state index is 12.7. The molecule has 6 N–H and O–H groups in total. The van der Waals surface area contributed by atoms with Crippen molar-refractivity contribution in [3.63, 3.8) is 0 Å². The van der Waals surface area contributed by atoms with Gasteiger partial charge in [0.1, 0.15) is 5.84 Å². The Morgan fingerprint density at radius 1 is 0.617 bits per heavy atom. The summed E-state index contributed by atoms with van der Waals surface area (Å²) in [5.74, 6) is 0.951. The molecule has 2 aliphatic rings. The fraction of sp³-hybridized carbons (Fsp3) is 0.412. The minimum Gasteiger partial charge on any atom is -0.384 e. The van der Waals surface area contributed by atoms with Crippen molar-refractivity contribution >= 4 is 34.9 Å². The first kappa shape index (κ1) is 45.4. The van der Waals surface area contributed by atoms with Crippen LogP contribution in [-0.4, -0.2) is 47.0 Å². The van der Waals surface area contributed by atoms with Gasteiger partial charge in [0.15, 0.2) is 11.6 Å². The Hall–Kier alpha value is -5.70. The van der Waals surface area contributed by atoms with Gasteiger partial charge < -0.3 is 21.8 Å². The van der Waals surface area contributed by atoms with E-state index in [1.807, 2.05) is 36.4 Å². The molecule has 0 saturated heterocycles. The average molecular weight is 810 g/mol. The summed E-state index contributed by atoms with van der Waals surface area (Å²) in [6.45, 7) is 9.50. The molecule has 2 fully saturated rings. The van der Waals surface area contributed by atoms with Gasteiger partial charge in [0, 0.05) is 36.0 Å². The SMILES string of the molecule is CC(=N)c1ccc(CCC(=O)[C@H](C)NC(=O)[C@@H]2CC[C@H](c3cccc(C)c3)C2)cc1.Cc1cccc([C@H]2CC[C@@H](C(=O)N[C@@H](C)C(=O)CCc3ccc(C(=N)N)cc3)C2)c1. The van der Waals surface area contributed by atoms with Gasteiger partial charge in [-0.25, -0.2) is 0 Å². The Labute approximate surface area is 356 Å². The lowest BCUT2D eigenvalue weighted by Crippen LogP contribution is -2.41. The molecule has 0 aliphatic heterocycles. The third kappa shape index (κ3) is 13.2. The Morgan fingerprint density at radius 3 is 1.38 bits per heavy atom. The van der Waals surface area contributed by atoms with Crippen LogP contribution in [0.2, 0.25) is 0 Å². The van der Waals surface area contributed by atoms with Crippen molar-refractivity contribution in [2.75, 3.05) is 0 Å². The van der Waals surface area contributed by atoms with E-state index in [0.717, 1.165) is 55.2 Å². The van der Waals surface area contributed by atoms with Crippen LogP contribution in [0.15, 0.2) is 97.1 Å². The predicted molar refractivity (Wildman–Crippen MR) is 241 cm³/mol. The zero-order valence-corrected chi connectivity index (χ0v) is 36.0. The highest BCUT2D eigenvalue weighted by Gasteiger charge is 2.33. The van der Waals surface area contributed by atoms with Crippen LogP contribution in [0, 0.1) is 36.5 Å². The van der Waals surface area contributed by atoms with E-state index < -0.39 is 12.1 Å². The molecule has 0 radical (unpaired) electrons. The molecule has 0 aromatic heterocycles. The summed E-state index contributed by atoms with van der Waals surface area (Å²) >= 11 is 0. The average Bonchev–Trinajstić information content (AvgIpc) is 3.94. The lowest BCUT2D eigenvalue weighted by molar-refractivity contribution is -0.129. The summed E-state index contributed by atoms with van der Waals surface area (Å²) in [5, 5.41) is 20.9. The number of nitrogen functional groups attached to an aromatic ring is 1. The fourth-order valence-electron chi connectivity index (χ4n) is 8.46. The normalized spacial score (nSPS) is 19.3. The fourth-order valence-corrected chi connectivity index (χ4v) is 8.46. The number of nitrogens with two attached hydrogens (primary N) is 1. The highest BCUT2D eigenvalue weighted by molar-refractivity contribution is 5.96. The monoisotopic (exact) mass is 809 g/mol. The molecular formula is C51H63N5O4. The van der Waals surface area contributed by atoms with E-state index in [0.29, 0.717) is 48.8 Å². The molecule has 0 unspecified atom stereocenters. The summed E-state index contributed by atoms with van der Waals surface area (Å²) in [6.07, 6.45) is 7.52. The second-order valence-electron chi connectivity index (χ2n) is 17.1. The molecular weight excluding hydrogens is 747 g/mol. The largest absolute Gasteiger partial charge is 0.384 e. The van der Waals surface area contributed by atoms with E-state index in [4.69, 9.17) is 16.6 Å². The van der Waals surface area contributed by atoms with Crippen molar-refractivity contribution in [2.45, 2.75) is 123 Å². The summed E-state index contributed by atoms with van der Waals surface area (Å²) < 4.78 is 0. The standard InChI is InChI=1S/C26H32N2O2.C25H31N3O2/c1-17-5-4-6-22(15-17)23-12-13-24(16-23)26(30)28-19(3)25(29)14-9-20-7-10-21(11-8-20)18(2)27;1-16-4-3-5-20(14-16)21-11-12-22(15-21)25(30)28-17(2)23(29)13-8-18-6-9-19(10-7-18)24(26)27/h4-8,10-11,15,19,23-24,27H,9,12-14,16H2,1-3H3,(H,28,30);3-7,9-10,14,17,21-22H,8,11-13,15H2,1-2H3,(H3,26,27)(H,28,30)/t19-,23-,24+;17-,21-,22+/m00/s1. The Kier molecular flexibility index (Phi) is 16.3. The number of rotatable bonds is 16. The summed E-state index contributed by atoms with van der Waals surface area (Å²) in [4.78, 5) is 50.4. The van der Waals surface area contributed by atoms with Crippen LogP contribution in [0.5, 0.6) is 0 Å². The summed E-state index contributed by atoms with van der Waals surface area (Å²) in [5.41, 5.74) is 14.8. The molecule has 9 heteroatoms. The first-order valence-corrected chi connectivity index (χ1v) is 21.5. The van der Waals surface area contributed by atoms with Gasteiger partial charge in [0.25, 0.3) is 0 Å². The molecule has 6 rings (SSSR count). The van der Waals surface area contributed by atoms with Crippen molar-refractivity contribution in [3.05, 3.63) is 142 Å². The van der Waals surface area contributed by atoms with Crippen LogP contribution in [0.25, 0.3) is 0 Å². The molecule has 2 saturated carbocycles. The number of Topliss-reactive ketones (excluding diaryl/α,β-unsaturated/α-hetero) is 2. The number of carbonyl (C=O) groups excluding carboxylic acids is 4. The lowest BCUT2D eigenvalue weighted by atomic mass is 9.95. The zero-order chi connectivity index (χ0) is 43.3. The van der Waals surface area contributed by atoms with E-state index in [9.17, 15) is 19.2 Å². The van der Waals surface area contributed by atoms with Crippen molar-refractivity contribution < 1.29 is 19.2 Å². The number of aryl methyl sites for hydroxylation is 4. The number of benzene rings is 4. The highest BCUT2D eigenvalue weighted by atomic mass is 16.2. The first-order valence-electron chi connectivity index (χ1n) is 21.5. The Morgan fingerprint density at radius 2 is 1.02 bits per heavy atom. The summed E-state index contributed by atoms with van der Waals surface area (Å²) in [7, 11) is 0. The number of ketones is 2. The topological polar surface area (TPSA) is 166 Å². The zero-order valence-electron chi connectivity index (χ0n) is 36.0. The number of nitrogens with one attached hydrogen (secondary N) is 4. The van der Waals surface area contributed by atoms with E-state index >= 15 is 0 Å². The van der Waals surface area contributed by atoms with Gasteiger partial charge in [0.2, 0.25) is 11.8 Å². The van der Waals surface area contributed by atoms with E-state index in [-0.39, 0.29) is 41.1 Å². The third-order valence-corrected chi connectivity index (χ3v) is 12.3. The molecule has 4 aromatic rings. The molecule has 0 heterocycles. The molecule has 9 nitrogen and oxygen atoms in total. The minimum absolute atomic E-state index is 0.00295. The lowest BCUT2D eigenvalue weighted by Gasteiger charge is -2.17. The Balaban J connectivity index is 0.000000228. The van der Waals surface area contributed by atoms with E-state index in [1.54, 1.807) is 32.9 Å².